The molecule has 0 N–H and O–H groups in total. The van der Waals surface area contributed by atoms with Crippen molar-refractivity contribution in [2.45, 2.75) is 19.4 Å². The molecule has 2 nitrogen and oxygen atoms in total. The minimum atomic E-state index is 0.593. The van der Waals surface area contributed by atoms with Crippen molar-refractivity contribution in [1.82, 2.24) is 4.90 Å². The number of halogens is 1. The number of thioether (sulfide) groups is 1. The summed E-state index contributed by atoms with van der Waals surface area (Å²) < 4.78 is 5.45. The molecule has 84 valence electrons. The Balaban J connectivity index is 2.13. The second-order valence-corrected chi connectivity index (χ2v) is 5.51. The topological polar surface area (TPSA) is 12.5 Å². The predicted molar refractivity (Wildman–Crippen MR) is 67.6 cm³/mol. The quantitative estimate of drug-likeness (QED) is 0.547. The summed E-state index contributed by atoms with van der Waals surface area (Å²) in [5.41, 5.74) is 0. The molecule has 1 aliphatic rings. The van der Waals surface area contributed by atoms with Crippen molar-refractivity contribution < 1.29 is 4.74 Å². The van der Waals surface area contributed by atoms with Gasteiger partial charge in [0.05, 0.1) is 13.2 Å². The van der Waals surface area contributed by atoms with Crippen LogP contribution < -0.4 is 0 Å². The summed E-state index contributed by atoms with van der Waals surface area (Å²) in [6.45, 7) is 6.36. The van der Waals surface area contributed by atoms with Crippen LogP contribution in [0.3, 0.4) is 0 Å². The van der Waals surface area contributed by atoms with Crippen LogP contribution in [0.4, 0.5) is 0 Å². The van der Waals surface area contributed by atoms with E-state index in [1.165, 1.54) is 24.5 Å². The van der Waals surface area contributed by atoms with Gasteiger partial charge in [0.1, 0.15) is 0 Å². The van der Waals surface area contributed by atoms with Gasteiger partial charge in [0, 0.05) is 17.9 Å². The van der Waals surface area contributed by atoms with Gasteiger partial charge in [-0.3, -0.25) is 4.90 Å². The third-order valence-corrected chi connectivity index (χ3v) is 4.20. The van der Waals surface area contributed by atoms with Crippen LogP contribution in [-0.4, -0.2) is 54.1 Å². The van der Waals surface area contributed by atoms with Crippen LogP contribution >= 0.6 is 27.7 Å². The maximum Gasteiger partial charge on any atom is 0.0630 e. The average molecular weight is 282 g/mol. The van der Waals surface area contributed by atoms with E-state index >= 15 is 0 Å². The molecule has 1 aliphatic heterocycles. The van der Waals surface area contributed by atoms with Gasteiger partial charge in [-0.05, 0) is 24.5 Å². The highest BCUT2D eigenvalue weighted by molar-refractivity contribution is 9.09. The summed E-state index contributed by atoms with van der Waals surface area (Å²) in [6.07, 6.45) is 1.31. The van der Waals surface area contributed by atoms with Crippen molar-refractivity contribution in [3.63, 3.8) is 0 Å². The zero-order chi connectivity index (χ0) is 10.2. The minimum Gasteiger partial charge on any atom is -0.378 e. The fourth-order valence-corrected chi connectivity index (χ4v) is 2.86. The molecule has 1 rings (SSSR count). The molecule has 4 heteroatoms. The fourth-order valence-electron chi connectivity index (χ4n) is 1.64. The molecule has 1 unspecified atom stereocenters. The summed E-state index contributed by atoms with van der Waals surface area (Å²) in [4.78, 5) is 2.55. The van der Waals surface area contributed by atoms with E-state index in [2.05, 4.69) is 27.8 Å². The van der Waals surface area contributed by atoms with Crippen molar-refractivity contribution in [3.8, 4) is 0 Å². The number of morpholine rings is 1. The number of alkyl halides is 1. The first-order valence-electron chi connectivity index (χ1n) is 5.34. The number of nitrogens with zero attached hydrogens (tertiary/aromatic N) is 1. The SMILES string of the molecule is CCSCCCN1CCOCC1CBr. The lowest BCUT2D eigenvalue weighted by atomic mass is 10.2. The zero-order valence-electron chi connectivity index (χ0n) is 8.88. The maximum atomic E-state index is 5.45. The Morgan fingerprint density at radius 1 is 1.57 bits per heavy atom. The van der Waals surface area contributed by atoms with E-state index in [9.17, 15) is 0 Å². The van der Waals surface area contributed by atoms with Gasteiger partial charge in [-0.25, -0.2) is 0 Å². The fraction of sp³-hybridized carbons (Fsp3) is 1.00. The van der Waals surface area contributed by atoms with Gasteiger partial charge in [-0.15, -0.1) is 0 Å². The highest BCUT2D eigenvalue weighted by Crippen LogP contribution is 2.11. The van der Waals surface area contributed by atoms with Gasteiger partial charge in [0.25, 0.3) is 0 Å². The molecule has 0 bridgehead atoms. The first-order chi connectivity index (χ1) is 6.88. The Kier molecular flexibility index (Phi) is 7.29. The molecule has 1 atom stereocenters. The lowest BCUT2D eigenvalue weighted by molar-refractivity contribution is 0.00226. The third kappa shape index (κ3) is 4.51. The van der Waals surface area contributed by atoms with Crippen LogP contribution in [0.1, 0.15) is 13.3 Å². The number of hydrogen-bond acceptors (Lipinski definition) is 3. The van der Waals surface area contributed by atoms with Crippen LogP contribution in [0.2, 0.25) is 0 Å². The summed E-state index contributed by atoms with van der Waals surface area (Å²) in [5.74, 6) is 2.54. The lowest BCUT2D eigenvalue weighted by Gasteiger charge is -2.34. The molecule has 0 aliphatic carbocycles. The highest BCUT2D eigenvalue weighted by Gasteiger charge is 2.20. The molecule has 1 heterocycles. The molecule has 0 aromatic rings. The molecule has 0 aromatic heterocycles. The Morgan fingerprint density at radius 2 is 2.43 bits per heavy atom. The van der Waals surface area contributed by atoms with Crippen molar-refractivity contribution in [3.05, 3.63) is 0 Å². The summed E-state index contributed by atoms with van der Waals surface area (Å²) >= 11 is 5.58. The van der Waals surface area contributed by atoms with Crippen LogP contribution in [0.15, 0.2) is 0 Å². The maximum absolute atomic E-state index is 5.45. The Labute approximate surface area is 99.9 Å². The van der Waals surface area contributed by atoms with E-state index in [1.54, 1.807) is 0 Å². The molecule has 0 radical (unpaired) electrons. The van der Waals surface area contributed by atoms with Gasteiger partial charge >= 0.3 is 0 Å². The minimum absolute atomic E-state index is 0.593. The standard InChI is InChI=1S/C10H20BrNOS/c1-2-14-7-3-4-12-5-6-13-9-10(12)8-11/h10H,2-9H2,1H3. The highest BCUT2D eigenvalue weighted by atomic mass is 79.9. The lowest BCUT2D eigenvalue weighted by Crippen LogP contribution is -2.46. The van der Waals surface area contributed by atoms with Crippen molar-refractivity contribution in [1.29, 1.82) is 0 Å². The molecule has 0 aromatic carbocycles. The molecular formula is C10H20BrNOS. The third-order valence-electron chi connectivity index (χ3n) is 2.47. The van der Waals surface area contributed by atoms with E-state index < -0.39 is 0 Å². The van der Waals surface area contributed by atoms with E-state index in [-0.39, 0.29) is 0 Å². The smallest absolute Gasteiger partial charge is 0.0630 e. The van der Waals surface area contributed by atoms with Crippen LogP contribution in [0.5, 0.6) is 0 Å². The normalized spacial score (nSPS) is 24.0. The molecule has 1 fully saturated rings. The number of rotatable bonds is 6. The van der Waals surface area contributed by atoms with E-state index in [0.29, 0.717) is 6.04 Å². The molecule has 0 saturated carbocycles. The van der Waals surface area contributed by atoms with Gasteiger partial charge in [0.15, 0.2) is 0 Å². The monoisotopic (exact) mass is 281 g/mol. The van der Waals surface area contributed by atoms with Gasteiger partial charge in [-0.1, -0.05) is 22.9 Å². The molecule has 14 heavy (non-hydrogen) atoms. The Bertz CT molecular complexity index is 148. The number of ether oxygens (including phenoxy) is 1. The zero-order valence-corrected chi connectivity index (χ0v) is 11.3. The second-order valence-electron chi connectivity index (χ2n) is 3.47. The molecule has 1 saturated heterocycles. The van der Waals surface area contributed by atoms with Crippen molar-refractivity contribution in [2.24, 2.45) is 0 Å². The summed E-state index contributed by atoms with van der Waals surface area (Å²) in [6, 6.07) is 0.593. The van der Waals surface area contributed by atoms with Gasteiger partial charge < -0.3 is 4.74 Å². The molecule has 0 amide bonds. The first-order valence-corrected chi connectivity index (χ1v) is 7.61. The Morgan fingerprint density at radius 3 is 3.14 bits per heavy atom. The molecular weight excluding hydrogens is 262 g/mol. The largest absolute Gasteiger partial charge is 0.378 e. The Hall–Kier alpha value is 0.750. The van der Waals surface area contributed by atoms with Crippen molar-refractivity contribution in [2.75, 3.05) is 43.1 Å². The van der Waals surface area contributed by atoms with E-state index in [0.717, 1.165) is 25.1 Å². The van der Waals surface area contributed by atoms with Crippen LogP contribution in [0, 0.1) is 0 Å². The first kappa shape index (κ1) is 12.8. The van der Waals surface area contributed by atoms with Gasteiger partial charge in [0.2, 0.25) is 0 Å². The summed E-state index contributed by atoms with van der Waals surface area (Å²) in [5, 5.41) is 1.04. The van der Waals surface area contributed by atoms with Crippen LogP contribution in [0.25, 0.3) is 0 Å². The van der Waals surface area contributed by atoms with E-state index in [4.69, 9.17) is 4.74 Å². The number of hydrogen-bond donors (Lipinski definition) is 0. The van der Waals surface area contributed by atoms with E-state index in [1.807, 2.05) is 11.8 Å². The molecule has 0 spiro atoms. The van der Waals surface area contributed by atoms with Crippen LogP contribution in [-0.2, 0) is 4.74 Å². The van der Waals surface area contributed by atoms with Gasteiger partial charge in [-0.2, -0.15) is 11.8 Å². The predicted octanol–water partition coefficient (Wildman–Crippen LogP) is 2.23. The average Bonchev–Trinajstić information content (AvgIpc) is 2.25. The second kappa shape index (κ2) is 7.97. The van der Waals surface area contributed by atoms with Crippen molar-refractivity contribution >= 4 is 27.7 Å². The summed E-state index contributed by atoms with van der Waals surface area (Å²) in [7, 11) is 0.